The maximum atomic E-state index is 11.5. The van der Waals surface area contributed by atoms with Crippen molar-refractivity contribution in [3.8, 4) is 20.9 Å². The number of nitrogens with two attached hydrogens (primary N) is 1. The smallest absolute Gasteiger partial charge is 0.249 e. The van der Waals surface area contributed by atoms with E-state index in [0.29, 0.717) is 5.56 Å². The van der Waals surface area contributed by atoms with Gasteiger partial charge in [-0.2, -0.15) is 0 Å². The quantitative estimate of drug-likeness (QED) is 0.793. The van der Waals surface area contributed by atoms with E-state index in [2.05, 4.69) is 19.2 Å². The third-order valence-corrected chi connectivity index (χ3v) is 3.97. The van der Waals surface area contributed by atoms with E-state index in [-0.39, 0.29) is 0 Å². The molecule has 1 aromatic carbocycles. The van der Waals surface area contributed by atoms with Gasteiger partial charge >= 0.3 is 0 Å². The number of rotatable bonds is 3. The molecule has 0 spiro atoms. The Morgan fingerprint density at radius 1 is 1.05 bits per heavy atom. The molecule has 0 atom stereocenters. The summed E-state index contributed by atoms with van der Waals surface area (Å²) in [6.07, 6.45) is 3.29. The van der Waals surface area contributed by atoms with Gasteiger partial charge in [0.1, 0.15) is 0 Å². The van der Waals surface area contributed by atoms with Crippen molar-refractivity contribution >= 4 is 29.0 Å². The highest BCUT2D eigenvalue weighted by atomic mass is 32.1. The summed E-state index contributed by atoms with van der Waals surface area (Å²) in [5, 5.41) is 7.59. The van der Waals surface area contributed by atoms with Gasteiger partial charge in [0.2, 0.25) is 5.91 Å². The summed E-state index contributed by atoms with van der Waals surface area (Å²) in [6, 6.07) is 5.41. The van der Waals surface area contributed by atoms with E-state index < -0.39 is 5.91 Å². The first-order chi connectivity index (χ1) is 9.25. The molecule has 0 unspecified atom stereocenters. The first-order valence-corrected chi connectivity index (χ1v) is 6.79. The Bertz CT molecular complexity index is 709. The van der Waals surface area contributed by atoms with E-state index in [1.165, 1.54) is 23.1 Å². The van der Waals surface area contributed by atoms with Gasteiger partial charge in [0, 0.05) is 11.1 Å². The average molecular weight is 289 g/mol. The van der Waals surface area contributed by atoms with Crippen LogP contribution in [0, 0.1) is 0 Å². The predicted molar refractivity (Wildman–Crippen MR) is 72.8 cm³/mol. The van der Waals surface area contributed by atoms with Crippen LogP contribution in [0.5, 0.6) is 0 Å². The molecule has 0 saturated heterocycles. The van der Waals surface area contributed by atoms with Crippen LogP contribution in [-0.2, 0) is 0 Å². The topological polar surface area (TPSA) is 94.7 Å². The van der Waals surface area contributed by atoms with Crippen molar-refractivity contribution in [3.63, 3.8) is 0 Å². The Hall–Kier alpha value is -2.19. The third kappa shape index (κ3) is 2.23. The average Bonchev–Trinajstić information content (AvgIpc) is 3.11. The molecule has 0 fully saturated rings. The van der Waals surface area contributed by atoms with Crippen LogP contribution in [0.15, 0.2) is 30.6 Å². The summed E-state index contributed by atoms with van der Waals surface area (Å²) >= 11 is 2.51. The molecule has 19 heavy (non-hydrogen) atoms. The van der Waals surface area contributed by atoms with Crippen LogP contribution >= 0.6 is 23.1 Å². The molecule has 0 aliphatic heterocycles. The zero-order chi connectivity index (χ0) is 13.2. The molecule has 0 radical (unpaired) electrons. The minimum Gasteiger partial charge on any atom is -0.366 e. The maximum Gasteiger partial charge on any atom is 0.249 e. The van der Waals surface area contributed by atoms with Crippen molar-refractivity contribution in [1.29, 1.82) is 0 Å². The second kappa shape index (κ2) is 4.82. The van der Waals surface area contributed by atoms with E-state index >= 15 is 0 Å². The van der Waals surface area contributed by atoms with Crippen LogP contribution in [0.1, 0.15) is 10.4 Å². The first-order valence-electron chi connectivity index (χ1n) is 5.25. The van der Waals surface area contributed by atoms with Crippen molar-refractivity contribution < 1.29 is 4.79 Å². The second-order valence-corrected chi connectivity index (χ2v) is 5.26. The van der Waals surface area contributed by atoms with Crippen molar-refractivity contribution in [2.45, 2.75) is 0 Å². The van der Waals surface area contributed by atoms with E-state index in [0.717, 1.165) is 20.9 Å². The van der Waals surface area contributed by atoms with Crippen LogP contribution in [-0.4, -0.2) is 25.1 Å². The molecule has 2 aromatic heterocycles. The van der Waals surface area contributed by atoms with Gasteiger partial charge in [-0.05, 0) is 40.8 Å². The third-order valence-electron chi connectivity index (χ3n) is 2.56. The van der Waals surface area contributed by atoms with Crippen LogP contribution in [0.25, 0.3) is 20.9 Å². The molecular formula is C11H7N5OS2. The predicted octanol–water partition coefficient (Wildman–Crippen LogP) is 1.82. The van der Waals surface area contributed by atoms with Gasteiger partial charge in [-0.25, -0.2) is 0 Å². The molecule has 0 aliphatic carbocycles. The molecule has 3 aromatic rings. The summed E-state index contributed by atoms with van der Waals surface area (Å²) in [6.45, 7) is 0. The van der Waals surface area contributed by atoms with E-state index in [4.69, 9.17) is 5.73 Å². The Balaban J connectivity index is 2.18. The number of benzene rings is 1. The van der Waals surface area contributed by atoms with Crippen molar-refractivity contribution in [3.05, 3.63) is 36.2 Å². The highest BCUT2D eigenvalue weighted by molar-refractivity contribution is 7.09. The number of hydrogen-bond donors (Lipinski definition) is 1. The summed E-state index contributed by atoms with van der Waals surface area (Å²) in [5.41, 5.74) is 7.51. The normalized spacial score (nSPS) is 10.5. The minimum atomic E-state index is -0.475. The fourth-order valence-electron chi connectivity index (χ4n) is 1.70. The molecule has 94 valence electrons. The minimum absolute atomic E-state index is 0.451. The highest BCUT2D eigenvalue weighted by Crippen LogP contribution is 2.31. The number of hydrogen-bond acceptors (Lipinski definition) is 7. The summed E-state index contributed by atoms with van der Waals surface area (Å²) in [7, 11) is 0. The Morgan fingerprint density at radius 2 is 1.74 bits per heavy atom. The SMILES string of the molecule is NC(=O)c1ccc(-c2cnns2)cc1-c1cnns1. The lowest BCUT2D eigenvalue weighted by Crippen LogP contribution is -2.12. The zero-order valence-corrected chi connectivity index (χ0v) is 11.1. The lowest BCUT2D eigenvalue weighted by Gasteiger charge is -2.06. The molecule has 2 heterocycles. The fraction of sp³-hybridized carbons (Fsp3) is 0. The van der Waals surface area contributed by atoms with E-state index in [1.807, 2.05) is 12.1 Å². The molecule has 0 bridgehead atoms. The van der Waals surface area contributed by atoms with E-state index in [9.17, 15) is 4.79 Å². The summed E-state index contributed by atoms with van der Waals surface area (Å²) in [5.74, 6) is -0.475. The molecule has 6 nitrogen and oxygen atoms in total. The standard InChI is InChI=1S/C11H7N5OS2/c12-11(17)7-2-1-6(9-4-13-15-18-9)3-8(7)10-5-14-16-19-10/h1-5H,(H2,12,17). The molecule has 0 saturated carbocycles. The fourth-order valence-corrected chi connectivity index (χ4v) is 2.75. The molecule has 1 amide bonds. The van der Waals surface area contributed by atoms with Crippen LogP contribution in [0.3, 0.4) is 0 Å². The first kappa shape index (κ1) is 11.9. The highest BCUT2D eigenvalue weighted by Gasteiger charge is 2.14. The van der Waals surface area contributed by atoms with E-state index in [1.54, 1.807) is 18.5 Å². The number of carbonyl (C=O) groups is 1. The van der Waals surface area contributed by atoms with Gasteiger partial charge in [0.15, 0.2) is 0 Å². The number of aromatic nitrogens is 4. The van der Waals surface area contributed by atoms with Gasteiger partial charge in [-0.1, -0.05) is 15.0 Å². The number of carbonyl (C=O) groups excluding carboxylic acids is 1. The number of primary amides is 1. The Labute approximate surface area is 116 Å². The number of nitrogens with zero attached hydrogens (tertiary/aromatic N) is 4. The van der Waals surface area contributed by atoms with Gasteiger partial charge in [0.05, 0.1) is 22.1 Å². The second-order valence-electron chi connectivity index (χ2n) is 3.69. The molecule has 3 rings (SSSR count). The van der Waals surface area contributed by atoms with Gasteiger partial charge < -0.3 is 5.73 Å². The lowest BCUT2D eigenvalue weighted by atomic mass is 10.0. The number of amides is 1. The molecule has 8 heteroatoms. The van der Waals surface area contributed by atoms with Crippen molar-refractivity contribution in [2.24, 2.45) is 5.73 Å². The van der Waals surface area contributed by atoms with Gasteiger partial charge in [-0.3, -0.25) is 4.79 Å². The monoisotopic (exact) mass is 289 g/mol. The van der Waals surface area contributed by atoms with Crippen molar-refractivity contribution in [1.82, 2.24) is 19.2 Å². The van der Waals surface area contributed by atoms with Gasteiger partial charge in [0.25, 0.3) is 0 Å². The van der Waals surface area contributed by atoms with Crippen LogP contribution < -0.4 is 5.73 Å². The molecule has 2 N–H and O–H groups in total. The Morgan fingerprint density at radius 3 is 2.32 bits per heavy atom. The maximum absolute atomic E-state index is 11.5. The largest absolute Gasteiger partial charge is 0.366 e. The Kier molecular flexibility index (Phi) is 3.02. The lowest BCUT2D eigenvalue weighted by molar-refractivity contribution is 0.100. The zero-order valence-electron chi connectivity index (χ0n) is 9.48. The summed E-state index contributed by atoms with van der Waals surface area (Å²) in [4.78, 5) is 13.2. The van der Waals surface area contributed by atoms with Crippen LogP contribution in [0.2, 0.25) is 0 Å². The molecule has 0 aliphatic rings. The van der Waals surface area contributed by atoms with Crippen LogP contribution in [0.4, 0.5) is 0 Å². The molecular weight excluding hydrogens is 282 g/mol. The van der Waals surface area contributed by atoms with Crippen molar-refractivity contribution in [2.75, 3.05) is 0 Å². The summed E-state index contributed by atoms with van der Waals surface area (Å²) < 4.78 is 7.64. The van der Waals surface area contributed by atoms with Gasteiger partial charge in [-0.15, -0.1) is 10.2 Å².